The Bertz CT molecular complexity index is 1160. The number of carbonyl (C=O) groups is 2. The van der Waals surface area contributed by atoms with Crippen molar-refractivity contribution in [2.45, 2.75) is 51.0 Å². The largest absolute Gasteiger partial charge is 0.310 e. The highest BCUT2D eigenvalue weighted by molar-refractivity contribution is 7.89. The van der Waals surface area contributed by atoms with Gasteiger partial charge in [0.2, 0.25) is 21.8 Å². The monoisotopic (exact) mass is 456 g/mol. The van der Waals surface area contributed by atoms with Crippen molar-refractivity contribution < 1.29 is 18.0 Å². The zero-order valence-corrected chi connectivity index (χ0v) is 19.4. The molecule has 0 unspecified atom stereocenters. The molecule has 3 heterocycles. The van der Waals surface area contributed by atoms with Crippen LogP contribution in [0.15, 0.2) is 41.3 Å². The quantitative estimate of drug-likeness (QED) is 0.763. The smallest absolute Gasteiger partial charge is 0.243 e. The second-order valence-electron chi connectivity index (χ2n) is 8.59. The van der Waals surface area contributed by atoms with E-state index in [0.717, 1.165) is 16.9 Å². The summed E-state index contributed by atoms with van der Waals surface area (Å²) in [5.41, 5.74) is 2.42. The average Bonchev–Trinajstić information content (AvgIpc) is 3.09. The molecule has 4 rings (SSSR count). The molecular formula is C23H28N4O4S. The molecule has 9 heteroatoms. The first-order valence-electron chi connectivity index (χ1n) is 10.8. The molecule has 2 aromatic rings. The van der Waals surface area contributed by atoms with E-state index in [0.29, 0.717) is 31.6 Å². The lowest BCUT2D eigenvalue weighted by molar-refractivity contribution is -0.121. The van der Waals surface area contributed by atoms with Gasteiger partial charge < -0.3 is 10.2 Å². The number of sulfonamides is 1. The summed E-state index contributed by atoms with van der Waals surface area (Å²) in [6.07, 6.45) is 1.85. The molecule has 0 bridgehead atoms. The number of hydrogen-bond donors (Lipinski definition) is 1. The van der Waals surface area contributed by atoms with E-state index < -0.39 is 15.9 Å². The van der Waals surface area contributed by atoms with E-state index >= 15 is 0 Å². The predicted octanol–water partition coefficient (Wildman–Crippen LogP) is 2.73. The van der Waals surface area contributed by atoms with Gasteiger partial charge in [0, 0.05) is 37.4 Å². The minimum Gasteiger partial charge on any atom is -0.310 e. The molecule has 1 aromatic heterocycles. The lowest BCUT2D eigenvalue weighted by atomic mass is 9.99. The Hall–Kier alpha value is -2.78. The standard InChI is InChI=1S/C23H28N4O4S/c1-15-6-4-8-22(24-15)25-23(29)18-7-5-11-26(14-18)32(30,31)20-9-10-21-19(13-20)12-16(2)27(21)17(3)28/h4,6,8-10,13,16,18H,5,7,11-12,14H2,1-3H3,(H,24,25,29)/t16-,18-/m0/s1. The first-order valence-corrected chi connectivity index (χ1v) is 12.3. The number of amides is 2. The topological polar surface area (TPSA) is 99.7 Å². The van der Waals surface area contributed by atoms with Crippen LogP contribution in [0.3, 0.4) is 0 Å². The summed E-state index contributed by atoms with van der Waals surface area (Å²) in [6.45, 7) is 5.82. The number of benzene rings is 1. The predicted molar refractivity (Wildman–Crippen MR) is 122 cm³/mol. The fourth-order valence-corrected chi connectivity index (χ4v) is 6.19. The number of carbonyl (C=O) groups excluding carboxylic acids is 2. The third kappa shape index (κ3) is 4.27. The van der Waals surface area contributed by atoms with E-state index in [1.54, 1.807) is 29.2 Å². The first-order chi connectivity index (χ1) is 15.2. The van der Waals surface area contributed by atoms with Gasteiger partial charge >= 0.3 is 0 Å². The van der Waals surface area contributed by atoms with E-state index in [4.69, 9.17) is 0 Å². The molecule has 2 amide bonds. The van der Waals surface area contributed by atoms with Gasteiger partial charge in [0.25, 0.3) is 0 Å². The van der Waals surface area contributed by atoms with Crippen LogP contribution < -0.4 is 10.2 Å². The van der Waals surface area contributed by atoms with Crippen molar-refractivity contribution >= 4 is 33.3 Å². The number of hydrogen-bond acceptors (Lipinski definition) is 5. The van der Waals surface area contributed by atoms with E-state index in [-0.39, 0.29) is 29.3 Å². The molecule has 170 valence electrons. The molecule has 0 spiro atoms. The minimum atomic E-state index is -3.75. The Kier molecular flexibility index (Phi) is 6.05. The van der Waals surface area contributed by atoms with Gasteiger partial charge in [0.15, 0.2) is 0 Å². The molecular weight excluding hydrogens is 428 g/mol. The lowest BCUT2D eigenvalue weighted by Crippen LogP contribution is -2.43. The summed E-state index contributed by atoms with van der Waals surface area (Å²) >= 11 is 0. The van der Waals surface area contributed by atoms with Crippen LogP contribution in [0, 0.1) is 12.8 Å². The van der Waals surface area contributed by atoms with Crippen molar-refractivity contribution in [3.63, 3.8) is 0 Å². The maximum atomic E-state index is 13.4. The van der Waals surface area contributed by atoms with Crippen LogP contribution in [-0.4, -0.2) is 48.7 Å². The second-order valence-corrected chi connectivity index (χ2v) is 10.5. The highest BCUT2D eigenvalue weighted by atomic mass is 32.2. The Morgan fingerprint density at radius 1 is 1.19 bits per heavy atom. The van der Waals surface area contributed by atoms with Crippen LogP contribution in [0.2, 0.25) is 0 Å². The van der Waals surface area contributed by atoms with Gasteiger partial charge in [-0.25, -0.2) is 13.4 Å². The number of fused-ring (bicyclic) bond motifs is 1. The number of rotatable bonds is 4. The second kappa shape index (κ2) is 8.63. The fraction of sp³-hybridized carbons (Fsp3) is 0.435. The van der Waals surface area contributed by atoms with Crippen molar-refractivity contribution in [3.8, 4) is 0 Å². The molecule has 8 nitrogen and oxygen atoms in total. The average molecular weight is 457 g/mol. The summed E-state index contributed by atoms with van der Waals surface area (Å²) in [5, 5.41) is 2.81. The third-order valence-electron chi connectivity index (χ3n) is 6.14. The van der Waals surface area contributed by atoms with Gasteiger partial charge in [-0.2, -0.15) is 4.31 Å². The van der Waals surface area contributed by atoms with Crippen LogP contribution >= 0.6 is 0 Å². The Morgan fingerprint density at radius 2 is 1.97 bits per heavy atom. The van der Waals surface area contributed by atoms with Gasteiger partial charge in [-0.05, 0) is 69.0 Å². The summed E-state index contributed by atoms with van der Waals surface area (Å²) in [6, 6.07) is 10.3. The van der Waals surface area contributed by atoms with Gasteiger partial charge in [0.05, 0.1) is 10.8 Å². The molecule has 0 aliphatic carbocycles. The lowest BCUT2D eigenvalue weighted by Gasteiger charge is -2.31. The molecule has 0 radical (unpaired) electrons. The maximum absolute atomic E-state index is 13.4. The number of piperidine rings is 1. The van der Waals surface area contributed by atoms with Crippen molar-refractivity contribution in [2.75, 3.05) is 23.3 Å². The number of aryl methyl sites for hydroxylation is 1. The van der Waals surface area contributed by atoms with Crippen LogP contribution in [0.1, 0.15) is 37.9 Å². The van der Waals surface area contributed by atoms with E-state index in [1.165, 1.54) is 11.2 Å². The van der Waals surface area contributed by atoms with Crippen LogP contribution in [0.4, 0.5) is 11.5 Å². The van der Waals surface area contributed by atoms with Crippen molar-refractivity contribution in [1.82, 2.24) is 9.29 Å². The van der Waals surface area contributed by atoms with E-state index in [1.807, 2.05) is 26.0 Å². The molecule has 1 fully saturated rings. The number of nitrogens with one attached hydrogen (secondary N) is 1. The Balaban J connectivity index is 1.51. The van der Waals surface area contributed by atoms with Gasteiger partial charge in [0.1, 0.15) is 5.82 Å². The number of aromatic nitrogens is 1. The van der Waals surface area contributed by atoms with Gasteiger partial charge in [-0.3, -0.25) is 9.59 Å². The molecule has 1 N–H and O–H groups in total. The molecule has 2 aliphatic heterocycles. The Labute approximate surface area is 188 Å². The molecule has 1 aromatic carbocycles. The third-order valence-corrected chi connectivity index (χ3v) is 8.00. The zero-order valence-electron chi connectivity index (χ0n) is 18.5. The molecule has 2 atom stereocenters. The van der Waals surface area contributed by atoms with E-state index in [2.05, 4.69) is 10.3 Å². The van der Waals surface area contributed by atoms with Crippen molar-refractivity contribution in [2.24, 2.45) is 5.92 Å². The zero-order chi connectivity index (χ0) is 23.0. The van der Waals surface area contributed by atoms with Crippen molar-refractivity contribution in [1.29, 1.82) is 0 Å². The highest BCUT2D eigenvalue weighted by Crippen LogP contribution is 2.35. The molecule has 1 saturated heterocycles. The number of anilines is 2. The van der Waals surface area contributed by atoms with Crippen LogP contribution in [-0.2, 0) is 26.0 Å². The van der Waals surface area contributed by atoms with E-state index in [9.17, 15) is 18.0 Å². The molecule has 32 heavy (non-hydrogen) atoms. The van der Waals surface area contributed by atoms with Crippen molar-refractivity contribution in [3.05, 3.63) is 47.7 Å². The summed E-state index contributed by atoms with van der Waals surface area (Å²) < 4.78 is 28.1. The van der Waals surface area contributed by atoms with Crippen LogP contribution in [0.25, 0.3) is 0 Å². The summed E-state index contributed by atoms with van der Waals surface area (Å²) in [7, 11) is -3.75. The molecule has 2 aliphatic rings. The maximum Gasteiger partial charge on any atom is 0.243 e. The first kappa shape index (κ1) is 22.4. The summed E-state index contributed by atoms with van der Waals surface area (Å²) in [5.74, 6) is -0.246. The Morgan fingerprint density at radius 3 is 2.69 bits per heavy atom. The molecule has 0 saturated carbocycles. The van der Waals surface area contributed by atoms with Gasteiger partial charge in [-0.1, -0.05) is 6.07 Å². The number of pyridine rings is 1. The minimum absolute atomic E-state index is 0.00116. The van der Waals surface area contributed by atoms with Gasteiger partial charge in [-0.15, -0.1) is 0 Å². The van der Waals surface area contributed by atoms with Crippen LogP contribution in [0.5, 0.6) is 0 Å². The normalized spacial score (nSPS) is 21.3. The highest BCUT2D eigenvalue weighted by Gasteiger charge is 2.35. The summed E-state index contributed by atoms with van der Waals surface area (Å²) in [4.78, 5) is 30.9. The number of nitrogens with zero attached hydrogens (tertiary/aromatic N) is 3. The SMILES string of the molecule is CC(=O)N1c2ccc(S(=O)(=O)N3CCC[C@H](C(=O)Nc4cccc(C)n4)C3)cc2C[C@@H]1C. The fourth-order valence-electron chi connectivity index (χ4n) is 4.61.